The number of ketones is 1. The Bertz CT molecular complexity index is 1410. The standard InChI is InChI=1S/C25H18ClN3O3S/c1-2-14-3-5-15(6-4-14)21-20(22(30)16-9-11-27-12-10-16)23(31)24(32)29(21)25-28-18-8-7-17(26)13-19(18)33-25/h3-13,21,30H,2H2,1H3/b22-20+. The lowest BCUT2D eigenvalue weighted by atomic mass is 9.95. The van der Waals surface area contributed by atoms with Crippen molar-refractivity contribution < 1.29 is 14.7 Å². The topological polar surface area (TPSA) is 83.4 Å². The molecule has 1 amide bonds. The number of halogens is 1. The van der Waals surface area contributed by atoms with Gasteiger partial charge in [0.1, 0.15) is 5.76 Å². The van der Waals surface area contributed by atoms with Gasteiger partial charge in [0.05, 0.1) is 21.8 Å². The van der Waals surface area contributed by atoms with Crippen LogP contribution < -0.4 is 4.90 Å². The second kappa shape index (κ2) is 8.42. The predicted octanol–water partition coefficient (Wildman–Crippen LogP) is 5.53. The van der Waals surface area contributed by atoms with Gasteiger partial charge in [-0.1, -0.05) is 54.1 Å². The molecule has 0 radical (unpaired) electrons. The van der Waals surface area contributed by atoms with Crippen LogP contribution in [0.2, 0.25) is 5.02 Å². The van der Waals surface area contributed by atoms with E-state index in [9.17, 15) is 14.7 Å². The number of benzene rings is 2. The highest BCUT2D eigenvalue weighted by atomic mass is 35.5. The summed E-state index contributed by atoms with van der Waals surface area (Å²) in [6.07, 6.45) is 3.90. The van der Waals surface area contributed by atoms with Crippen molar-refractivity contribution >= 4 is 55.7 Å². The Morgan fingerprint density at radius 2 is 1.82 bits per heavy atom. The first-order valence-electron chi connectivity index (χ1n) is 10.3. The lowest BCUT2D eigenvalue weighted by Gasteiger charge is -2.23. The van der Waals surface area contributed by atoms with Crippen LogP contribution in [0.3, 0.4) is 0 Å². The van der Waals surface area contributed by atoms with E-state index in [1.54, 1.807) is 30.3 Å². The van der Waals surface area contributed by atoms with Gasteiger partial charge in [0.15, 0.2) is 5.13 Å². The van der Waals surface area contributed by atoms with E-state index in [1.165, 1.54) is 28.6 Å². The van der Waals surface area contributed by atoms with Crippen LogP contribution in [0.4, 0.5) is 5.13 Å². The van der Waals surface area contributed by atoms with Crippen molar-refractivity contribution in [2.75, 3.05) is 4.90 Å². The van der Waals surface area contributed by atoms with Gasteiger partial charge >= 0.3 is 5.91 Å². The molecule has 3 heterocycles. The molecule has 1 unspecified atom stereocenters. The SMILES string of the molecule is CCc1ccc(C2/C(=C(\O)c3ccncc3)C(=O)C(=O)N2c2nc3ccc(Cl)cc3s2)cc1. The van der Waals surface area contributed by atoms with Gasteiger partial charge in [-0.3, -0.25) is 19.5 Å². The molecule has 0 aliphatic carbocycles. The number of pyridine rings is 1. The minimum absolute atomic E-state index is 0.0211. The van der Waals surface area contributed by atoms with E-state index in [4.69, 9.17) is 11.6 Å². The molecule has 0 saturated carbocycles. The van der Waals surface area contributed by atoms with Crippen LogP contribution in [0.1, 0.15) is 29.7 Å². The second-order valence-electron chi connectivity index (χ2n) is 7.61. The Morgan fingerprint density at radius 3 is 2.52 bits per heavy atom. The lowest BCUT2D eigenvalue weighted by molar-refractivity contribution is -0.132. The van der Waals surface area contributed by atoms with Gasteiger partial charge in [0.25, 0.3) is 5.78 Å². The molecule has 1 N–H and O–H groups in total. The van der Waals surface area contributed by atoms with Gasteiger partial charge in [-0.2, -0.15) is 0 Å². The van der Waals surface area contributed by atoms with Crippen LogP contribution in [0.25, 0.3) is 16.0 Å². The molecule has 0 bridgehead atoms. The summed E-state index contributed by atoms with van der Waals surface area (Å²) in [5.74, 6) is -1.74. The summed E-state index contributed by atoms with van der Waals surface area (Å²) in [5, 5.41) is 12.0. The summed E-state index contributed by atoms with van der Waals surface area (Å²) in [6, 6.07) is 15.3. The zero-order valence-corrected chi connectivity index (χ0v) is 19.1. The number of aromatic nitrogens is 2. The number of hydrogen-bond donors (Lipinski definition) is 1. The number of hydrogen-bond acceptors (Lipinski definition) is 6. The van der Waals surface area contributed by atoms with Crippen molar-refractivity contribution in [3.8, 4) is 0 Å². The van der Waals surface area contributed by atoms with Gasteiger partial charge in [-0.25, -0.2) is 4.98 Å². The summed E-state index contributed by atoms with van der Waals surface area (Å²) in [7, 11) is 0. The van der Waals surface area contributed by atoms with Crippen molar-refractivity contribution in [1.29, 1.82) is 0 Å². The summed E-state index contributed by atoms with van der Waals surface area (Å²) in [4.78, 5) is 36.4. The molecular weight excluding hydrogens is 458 g/mol. The number of fused-ring (bicyclic) bond motifs is 1. The van der Waals surface area contributed by atoms with Crippen LogP contribution in [0.15, 0.2) is 72.6 Å². The molecule has 5 rings (SSSR count). The van der Waals surface area contributed by atoms with Gasteiger partial charge in [-0.15, -0.1) is 0 Å². The first-order chi connectivity index (χ1) is 16.0. The molecule has 1 atom stereocenters. The number of aliphatic hydroxyl groups excluding tert-OH is 1. The van der Waals surface area contributed by atoms with Crippen LogP contribution >= 0.6 is 22.9 Å². The van der Waals surface area contributed by atoms with Gasteiger partial charge in [0.2, 0.25) is 0 Å². The van der Waals surface area contributed by atoms with Gasteiger partial charge < -0.3 is 5.11 Å². The molecule has 1 fully saturated rings. The largest absolute Gasteiger partial charge is 0.507 e. The third-order valence-electron chi connectivity index (χ3n) is 5.65. The Hall–Kier alpha value is -3.55. The van der Waals surface area contributed by atoms with E-state index < -0.39 is 17.7 Å². The molecular formula is C25H18ClN3O3S. The minimum atomic E-state index is -0.819. The number of carbonyl (C=O) groups is 2. The monoisotopic (exact) mass is 475 g/mol. The summed E-state index contributed by atoms with van der Waals surface area (Å²) in [5.41, 5.74) is 2.94. The first kappa shape index (κ1) is 21.3. The lowest BCUT2D eigenvalue weighted by Crippen LogP contribution is -2.29. The van der Waals surface area contributed by atoms with Crippen molar-refractivity contribution in [1.82, 2.24) is 9.97 Å². The fourth-order valence-corrected chi connectivity index (χ4v) is 5.20. The van der Waals surface area contributed by atoms with E-state index in [-0.39, 0.29) is 11.3 Å². The van der Waals surface area contributed by atoms with Crippen LogP contribution in [-0.2, 0) is 16.0 Å². The third-order valence-corrected chi connectivity index (χ3v) is 6.90. The van der Waals surface area contributed by atoms with E-state index >= 15 is 0 Å². The molecule has 1 aliphatic rings. The van der Waals surface area contributed by atoms with Crippen molar-refractivity contribution in [3.05, 3.63) is 94.3 Å². The van der Waals surface area contributed by atoms with E-state index in [0.29, 0.717) is 26.8 Å². The maximum atomic E-state index is 13.3. The summed E-state index contributed by atoms with van der Waals surface area (Å²) in [6.45, 7) is 2.05. The molecule has 8 heteroatoms. The predicted molar refractivity (Wildman–Crippen MR) is 129 cm³/mol. The molecule has 1 saturated heterocycles. The summed E-state index contributed by atoms with van der Waals surface area (Å²) < 4.78 is 0.800. The fraction of sp³-hybridized carbons (Fsp3) is 0.120. The molecule has 6 nitrogen and oxygen atoms in total. The van der Waals surface area contributed by atoms with Crippen LogP contribution in [-0.4, -0.2) is 26.8 Å². The normalized spacial score (nSPS) is 17.8. The van der Waals surface area contributed by atoms with E-state index in [2.05, 4.69) is 16.9 Å². The molecule has 164 valence electrons. The number of aliphatic hydroxyl groups is 1. The number of rotatable bonds is 4. The molecule has 4 aromatic rings. The number of Topliss-reactive ketones (excluding diaryl/α,β-unsaturated/α-hetero) is 1. The quantitative estimate of drug-likeness (QED) is 0.238. The second-order valence-corrected chi connectivity index (χ2v) is 9.05. The number of anilines is 1. The van der Waals surface area contributed by atoms with Crippen LogP contribution in [0.5, 0.6) is 0 Å². The van der Waals surface area contributed by atoms with Crippen molar-refractivity contribution in [2.45, 2.75) is 19.4 Å². The van der Waals surface area contributed by atoms with Crippen molar-refractivity contribution in [2.24, 2.45) is 0 Å². The number of aryl methyl sites for hydroxylation is 1. The summed E-state index contributed by atoms with van der Waals surface area (Å²) >= 11 is 7.40. The Balaban J connectivity index is 1.72. The zero-order valence-electron chi connectivity index (χ0n) is 17.5. The van der Waals surface area contributed by atoms with Crippen molar-refractivity contribution in [3.63, 3.8) is 0 Å². The smallest absolute Gasteiger partial charge is 0.301 e. The average molecular weight is 476 g/mol. The van der Waals surface area contributed by atoms with Crippen LogP contribution in [0, 0.1) is 0 Å². The average Bonchev–Trinajstić information content (AvgIpc) is 3.37. The Kier molecular flexibility index (Phi) is 5.44. The zero-order chi connectivity index (χ0) is 23.1. The number of thiazole rings is 1. The fourth-order valence-electron chi connectivity index (χ4n) is 3.94. The third kappa shape index (κ3) is 3.69. The van der Waals surface area contributed by atoms with E-state index in [0.717, 1.165) is 16.7 Å². The van der Waals surface area contributed by atoms with Gasteiger partial charge in [-0.05, 0) is 47.9 Å². The minimum Gasteiger partial charge on any atom is -0.507 e. The number of amides is 1. The maximum absolute atomic E-state index is 13.3. The van der Waals surface area contributed by atoms with E-state index in [1.807, 2.05) is 24.3 Å². The number of nitrogens with zero attached hydrogens (tertiary/aromatic N) is 3. The Morgan fingerprint density at radius 1 is 1.09 bits per heavy atom. The highest BCUT2D eigenvalue weighted by Crippen LogP contribution is 2.44. The molecule has 1 aliphatic heterocycles. The molecule has 2 aromatic heterocycles. The first-order valence-corrected chi connectivity index (χ1v) is 11.5. The highest BCUT2D eigenvalue weighted by Gasteiger charge is 2.48. The highest BCUT2D eigenvalue weighted by molar-refractivity contribution is 7.22. The molecule has 33 heavy (non-hydrogen) atoms. The number of carbonyl (C=O) groups excluding carboxylic acids is 2. The van der Waals surface area contributed by atoms with Gasteiger partial charge in [0, 0.05) is 23.0 Å². The Labute approximate surface area is 198 Å². The molecule has 2 aromatic carbocycles. The maximum Gasteiger partial charge on any atom is 0.301 e. The molecule has 0 spiro atoms.